The molecule has 2 aromatic rings. The van der Waals surface area contributed by atoms with Crippen molar-refractivity contribution in [2.75, 3.05) is 12.0 Å². The Kier molecular flexibility index (Phi) is 4.84. The van der Waals surface area contributed by atoms with Crippen molar-refractivity contribution in [1.29, 1.82) is 0 Å². The first kappa shape index (κ1) is 14.9. The van der Waals surface area contributed by atoms with Crippen molar-refractivity contribution in [3.8, 4) is 0 Å². The smallest absolute Gasteiger partial charge is 0.255 e. The number of nitrogen functional groups attached to an aromatic ring is 1. The predicted octanol–water partition coefficient (Wildman–Crippen LogP) is 1.79. The number of halogens is 1. The first-order valence-electron chi connectivity index (χ1n) is 6.56. The number of rotatable bonds is 5. The molecule has 0 aliphatic rings. The topological polar surface area (TPSA) is 80.0 Å². The zero-order chi connectivity index (χ0) is 15.2. The third kappa shape index (κ3) is 3.76. The van der Waals surface area contributed by atoms with E-state index in [-0.39, 0.29) is 11.7 Å². The van der Waals surface area contributed by atoms with Crippen LogP contribution in [0.3, 0.4) is 0 Å². The van der Waals surface area contributed by atoms with Crippen LogP contribution in [0, 0.1) is 12.7 Å². The fraction of sp³-hybridized carbons (Fsp3) is 0.200. The number of carbonyl (C=O) groups excluding carboxylic acids is 1. The summed E-state index contributed by atoms with van der Waals surface area (Å²) < 4.78 is 13.0. The molecule has 1 aromatic carbocycles. The minimum Gasteiger partial charge on any atom is -0.352 e. The van der Waals surface area contributed by atoms with Crippen LogP contribution in [0.2, 0.25) is 0 Å². The van der Waals surface area contributed by atoms with Gasteiger partial charge in [-0.1, -0.05) is 6.07 Å². The summed E-state index contributed by atoms with van der Waals surface area (Å²) in [5.41, 5.74) is 4.64. The van der Waals surface area contributed by atoms with Gasteiger partial charge in [0.1, 0.15) is 5.82 Å². The lowest BCUT2D eigenvalue weighted by Gasteiger charge is -2.09. The molecule has 0 fully saturated rings. The molecule has 0 saturated carbocycles. The van der Waals surface area contributed by atoms with Crippen molar-refractivity contribution in [3.63, 3.8) is 0 Å². The molecule has 6 heteroatoms. The van der Waals surface area contributed by atoms with Gasteiger partial charge in [-0.05, 0) is 48.7 Å². The maximum absolute atomic E-state index is 13.0. The molecule has 2 rings (SSSR count). The number of hydrazine groups is 1. The highest BCUT2D eigenvalue weighted by Crippen LogP contribution is 2.11. The molecule has 1 heterocycles. The van der Waals surface area contributed by atoms with Crippen LogP contribution in [0.1, 0.15) is 21.5 Å². The summed E-state index contributed by atoms with van der Waals surface area (Å²) in [7, 11) is 0. The van der Waals surface area contributed by atoms with E-state index in [0.29, 0.717) is 24.3 Å². The number of nitrogens with one attached hydrogen (secondary N) is 2. The highest BCUT2D eigenvalue weighted by Gasteiger charge is 2.10. The van der Waals surface area contributed by atoms with Crippen molar-refractivity contribution in [2.24, 2.45) is 5.84 Å². The molecule has 0 radical (unpaired) electrons. The molecule has 0 spiro atoms. The van der Waals surface area contributed by atoms with Gasteiger partial charge in [-0.25, -0.2) is 15.2 Å². The molecule has 5 nitrogen and oxygen atoms in total. The maximum atomic E-state index is 13.0. The van der Waals surface area contributed by atoms with Gasteiger partial charge in [0.25, 0.3) is 5.91 Å². The first-order valence-corrected chi connectivity index (χ1v) is 6.56. The largest absolute Gasteiger partial charge is 0.352 e. The van der Waals surface area contributed by atoms with Crippen LogP contribution < -0.4 is 16.6 Å². The van der Waals surface area contributed by atoms with Gasteiger partial charge in [0, 0.05) is 12.7 Å². The highest BCUT2D eigenvalue weighted by molar-refractivity contribution is 5.98. The number of amides is 1. The second-order valence-electron chi connectivity index (χ2n) is 4.62. The molecule has 0 unspecified atom stereocenters. The lowest BCUT2D eigenvalue weighted by molar-refractivity contribution is 0.0954. The minimum atomic E-state index is -0.255. The van der Waals surface area contributed by atoms with Gasteiger partial charge in [0.2, 0.25) is 0 Å². The van der Waals surface area contributed by atoms with Gasteiger partial charge in [-0.2, -0.15) is 0 Å². The summed E-state index contributed by atoms with van der Waals surface area (Å²) in [5, 5.41) is 2.80. The molecule has 110 valence electrons. The maximum Gasteiger partial charge on any atom is 0.255 e. The summed E-state index contributed by atoms with van der Waals surface area (Å²) in [6.45, 7) is 2.29. The van der Waals surface area contributed by atoms with Gasteiger partial charge in [-0.15, -0.1) is 0 Å². The number of aryl methyl sites for hydroxylation is 1. The Bertz CT molecular complexity index is 645. The monoisotopic (exact) mass is 288 g/mol. The van der Waals surface area contributed by atoms with E-state index in [0.717, 1.165) is 11.1 Å². The summed E-state index contributed by atoms with van der Waals surface area (Å²) in [4.78, 5) is 16.0. The van der Waals surface area contributed by atoms with Crippen LogP contribution >= 0.6 is 0 Å². The van der Waals surface area contributed by atoms with Crippen LogP contribution in [-0.4, -0.2) is 17.4 Å². The number of aromatic nitrogens is 1. The van der Waals surface area contributed by atoms with Crippen molar-refractivity contribution in [3.05, 3.63) is 59.0 Å². The van der Waals surface area contributed by atoms with Crippen LogP contribution in [-0.2, 0) is 6.42 Å². The van der Waals surface area contributed by atoms with E-state index in [4.69, 9.17) is 5.84 Å². The van der Waals surface area contributed by atoms with E-state index in [2.05, 4.69) is 15.7 Å². The molecule has 0 bridgehead atoms. The zero-order valence-electron chi connectivity index (χ0n) is 11.7. The molecular weight excluding hydrogens is 271 g/mol. The lowest BCUT2D eigenvalue weighted by atomic mass is 10.1. The number of hydrogen-bond donors (Lipinski definition) is 3. The van der Waals surface area contributed by atoms with E-state index < -0.39 is 0 Å². The van der Waals surface area contributed by atoms with Crippen LogP contribution in [0.4, 0.5) is 10.2 Å². The summed E-state index contributed by atoms with van der Waals surface area (Å²) in [5.74, 6) is 5.13. The molecule has 0 atom stereocenters. The predicted molar refractivity (Wildman–Crippen MR) is 79.2 cm³/mol. The van der Waals surface area contributed by atoms with Crippen LogP contribution in [0.5, 0.6) is 0 Å². The standard InChI is InChI=1S/C15H17FN4O/c1-10-9-12(16)5-4-11(10)6-8-19-15(21)13-3-2-7-18-14(13)20-17/h2-5,7,9H,6,8,17H2,1H3,(H,18,20)(H,19,21). The van der Waals surface area contributed by atoms with Gasteiger partial charge < -0.3 is 10.7 Å². The van der Waals surface area contributed by atoms with Gasteiger partial charge >= 0.3 is 0 Å². The number of carbonyl (C=O) groups is 1. The Morgan fingerprint density at radius 3 is 2.90 bits per heavy atom. The molecule has 0 saturated heterocycles. The third-order valence-electron chi connectivity index (χ3n) is 3.17. The first-order chi connectivity index (χ1) is 10.1. The fourth-order valence-corrected chi connectivity index (χ4v) is 2.05. The van der Waals surface area contributed by atoms with Crippen molar-refractivity contribution >= 4 is 11.7 Å². The number of pyridine rings is 1. The number of nitrogens with two attached hydrogens (primary N) is 1. The number of anilines is 1. The highest BCUT2D eigenvalue weighted by atomic mass is 19.1. The van der Waals surface area contributed by atoms with Crippen molar-refractivity contribution < 1.29 is 9.18 Å². The van der Waals surface area contributed by atoms with Crippen LogP contribution in [0.25, 0.3) is 0 Å². The van der Waals surface area contributed by atoms with E-state index in [1.807, 2.05) is 6.92 Å². The Morgan fingerprint density at radius 1 is 1.38 bits per heavy atom. The van der Waals surface area contributed by atoms with E-state index in [1.165, 1.54) is 12.1 Å². The normalized spacial score (nSPS) is 10.2. The molecule has 0 aliphatic heterocycles. The molecule has 0 aliphatic carbocycles. The Labute approximate surface area is 122 Å². The van der Waals surface area contributed by atoms with Crippen molar-refractivity contribution in [2.45, 2.75) is 13.3 Å². The number of hydrogen-bond acceptors (Lipinski definition) is 4. The Balaban J connectivity index is 1.95. The Hall–Kier alpha value is -2.47. The molecular formula is C15H17FN4O. The fourth-order valence-electron chi connectivity index (χ4n) is 2.05. The Morgan fingerprint density at radius 2 is 2.19 bits per heavy atom. The lowest BCUT2D eigenvalue weighted by Crippen LogP contribution is -2.27. The van der Waals surface area contributed by atoms with Gasteiger partial charge in [-0.3, -0.25) is 4.79 Å². The average Bonchev–Trinajstić information content (AvgIpc) is 2.49. The molecule has 4 N–H and O–H groups in total. The van der Waals surface area contributed by atoms with Gasteiger partial charge in [0.15, 0.2) is 5.82 Å². The van der Waals surface area contributed by atoms with Crippen molar-refractivity contribution in [1.82, 2.24) is 10.3 Å². The SMILES string of the molecule is Cc1cc(F)ccc1CCNC(=O)c1cccnc1NN. The van der Waals surface area contributed by atoms with E-state index in [1.54, 1.807) is 24.4 Å². The minimum absolute atomic E-state index is 0.254. The zero-order valence-corrected chi connectivity index (χ0v) is 11.7. The van der Waals surface area contributed by atoms with E-state index >= 15 is 0 Å². The van der Waals surface area contributed by atoms with E-state index in [9.17, 15) is 9.18 Å². The second kappa shape index (κ2) is 6.81. The van der Waals surface area contributed by atoms with Crippen LogP contribution in [0.15, 0.2) is 36.5 Å². The summed E-state index contributed by atoms with van der Waals surface area (Å²) >= 11 is 0. The number of nitrogens with zero attached hydrogens (tertiary/aromatic N) is 1. The third-order valence-corrected chi connectivity index (χ3v) is 3.17. The molecule has 1 aromatic heterocycles. The quantitative estimate of drug-likeness (QED) is 0.579. The summed E-state index contributed by atoms with van der Waals surface area (Å²) in [6, 6.07) is 7.94. The average molecular weight is 288 g/mol. The van der Waals surface area contributed by atoms with Gasteiger partial charge in [0.05, 0.1) is 5.56 Å². The second-order valence-corrected chi connectivity index (χ2v) is 4.62. The molecule has 1 amide bonds. The number of benzene rings is 1. The summed E-state index contributed by atoms with van der Waals surface area (Å²) in [6.07, 6.45) is 2.18. The molecule has 21 heavy (non-hydrogen) atoms.